The van der Waals surface area contributed by atoms with Crippen LogP contribution in [-0.4, -0.2) is 6.61 Å². The van der Waals surface area contributed by atoms with Gasteiger partial charge in [-0.05, 0) is 30.2 Å². The first kappa shape index (κ1) is 13.0. The van der Waals surface area contributed by atoms with Crippen LogP contribution < -0.4 is 10.1 Å². The molecule has 0 aromatic heterocycles. The van der Waals surface area contributed by atoms with Crippen molar-refractivity contribution in [2.45, 2.75) is 26.3 Å². The minimum atomic E-state index is 0.312. The summed E-state index contributed by atoms with van der Waals surface area (Å²) in [7, 11) is 0. The average Bonchev–Trinajstić information content (AvgIpc) is 2.51. The maximum Gasteiger partial charge on any atom is 0.124 e. The molecule has 104 valence electrons. The second kappa shape index (κ2) is 5.58. The zero-order valence-corrected chi connectivity index (χ0v) is 12.1. The van der Waals surface area contributed by atoms with Crippen LogP contribution in [0.4, 0.5) is 5.69 Å². The molecule has 0 saturated carbocycles. The Bertz CT molecular complexity index is 576. The van der Waals surface area contributed by atoms with E-state index in [0.717, 1.165) is 18.8 Å². The fourth-order valence-electron chi connectivity index (χ4n) is 2.73. The maximum absolute atomic E-state index is 5.80. The number of rotatable bonds is 3. The quantitative estimate of drug-likeness (QED) is 0.888. The lowest BCUT2D eigenvalue weighted by Gasteiger charge is -2.32. The predicted octanol–water partition coefficient (Wildman–Crippen LogP) is 4.43. The minimum Gasteiger partial charge on any atom is -0.493 e. The van der Waals surface area contributed by atoms with Crippen LogP contribution >= 0.6 is 0 Å². The van der Waals surface area contributed by atoms with E-state index >= 15 is 0 Å². The molecule has 0 amide bonds. The van der Waals surface area contributed by atoms with Gasteiger partial charge in [-0.3, -0.25) is 0 Å². The number of hydrogen-bond donors (Lipinski definition) is 1. The summed E-state index contributed by atoms with van der Waals surface area (Å²) in [6, 6.07) is 17.4. The predicted molar refractivity (Wildman–Crippen MR) is 83.3 cm³/mol. The van der Waals surface area contributed by atoms with Gasteiger partial charge in [-0.15, -0.1) is 0 Å². The lowest BCUT2D eigenvalue weighted by Crippen LogP contribution is -2.28. The van der Waals surface area contributed by atoms with Crippen molar-refractivity contribution >= 4 is 5.69 Å². The fraction of sp³-hybridized carbons (Fsp3) is 0.333. The summed E-state index contributed by atoms with van der Waals surface area (Å²) in [5, 5.41) is 3.66. The summed E-state index contributed by atoms with van der Waals surface area (Å²) in [6.45, 7) is 5.18. The fourth-order valence-corrected chi connectivity index (χ4v) is 2.73. The summed E-state index contributed by atoms with van der Waals surface area (Å²) in [6.07, 6.45) is 1.08. The number of nitrogens with one attached hydrogen (secondary N) is 1. The maximum atomic E-state index is 5.80. The number of ether oxygens (including phenoxy) is 1. The van der Waals surface area contributed by atoms with E-state index in [-0.39, 0.29) is 0 Å². The first-order chi connectivity index (χ1) is 9.78. The lowest BCUT2D eigenvalue weighted by atomic mass is 9.92. The highest BCUT2D eigenvalue weighted by Gasteiger charge is 2.27. The van der Waals surface area contributed by atoms with Gasteiger partial charge >= 0.3 is 0 Å². The molecule has 0 radical (unpaired) electrons. The van der Waals surface area contributed by atoms with Gasteiger partial charge in [-0.2, -0.15) is 0 Å². The molecule has 20 heavy (non-hydrogen) atoms. The molecule has 1 aliphatic rings. The van der Waals surface area contributed by atoms with Crippen LogP contribution in [0.2, 0.25) is 0 Å². The summed E-state index contributed by atoms with van der Waals surface area (Å²) in [5.41, 5.74) is 3.80. The van der Waals surface area contributed by atoms with Gasteiger partial charge in [-0.1, -0.05) is 44.2 Å². The molecule has 2 nitrogen and oxygen atoms in total. The molecular formula is C18H21NO. The van der Waals surface area contributed by atoms with Gasteiger partial charge in [0.1, 0.15) is 5.75 Å². The number of fused-ring (bicyclic) bond motifs is 1. The van der Waals surface area contributed by atoms with Crippen molar-refractivity contribution in [2.24, 2.45) is 5.92 Å². The van der Waals surface area contributed by atoms with E-state index in [1.807, 2.05) is 6.07 Å². The summed E-state index contributed by atoms with van der Waals surface area (Å²) in [5.74, 6) is 1.46. The van der Waals surface area contributed by atoms with Gasteiger partial charge in [0, 0.05) is 17.2 Å². The van der Waals surface area contributed by atoms with Gasteiger partial charge in [-0.25, -0.2) is 0 Å². The summed E-state index contributed by atoms with van der Waals surface area (Å²) in [4.78, 5) is 0. The molecule has 2 aromatic rings. The molecule has 0 saturated heterocycles. The standard InChI is InChI=1S/C18H21NO/c1-3-14-8-10-15(11-9-14)19-18-13(2)12-20-17-7-5-4-6-16(17)18/h4-11,13,18-19H,3,12H2,1-2H3. The molecule has 0 bridgehead atoms. The zero-order chi connectivity index (χ0) is 13.9. The Morgan fingerprint density at radius 3 is 2.60 bits per heavy atom. The molecule has 2 atom stereocenters. The van der Waals surface area contributed by atoms with Crippen LogP contribution in [-0.2, 0) is 6.42 Å². The van der Waals surface area contributed by atoms with Crippen molar-refractivity contribution < 1.29 is 4.74 Å². The zero-order valence-electron chi connectivity index (χ0n) is 12.1. The second-order valence-electron chi connectivity index (χ2n) is 5.50. The molecule has 1 aliphatic heterocycles. The van der Waals surface area contributed by atoms with E-state index in [9.17, 15) is 0 Å². The number of anilines is 1. The van der Waals surface area contributed by atoms with E-state index in [4.69, 9.17) is 4.74 Å². The molecule has 0 fully saturated rings. The van der Waals surface area contributed by atoms with Crippen molar-refractivity contribution in [3.05, 3.63) is 59.7 Å². The Morgan fingerprint density at radius 2 is 1.85 bits per heavy atom. The molecule has 2 aromatic carbocycles. The topological polar surface area (TPSA) is 21.3 Å². The van der Waals surface area contributed by atoms with E-state index in [2.05, 4.69) is 61.6 Å². The first-order valence-corrected chi connectivity index (χ1v) is 7.35. The second-order valence-corrected chi connectivity index (χ2v) is 5.50. The van der Waals surface area contributed by atoms with E-state index < -0.39 is 0 Å². The molecule has 0 aliphatic carbocycles. The van der Waals surface area contributed by atoms with Crippen molar-refractivity contribution in [2.75, 3.05) is 11.9 Å². The van der Waals surface area contributed by atoms with Crippen LogP contribution in [0.1, 0.15) is 31.0 Å². The Balaban J connectivity index is 1.85. The monoisotopic (exact) mass is 267 g/mol. The SMILES string of the molecule is CCc1ccc(NC2c3ccccc3OCC2C)cc1. The van der Waals surface area contributed by atoms with Gasteiger partial charge in [0.2, 0.25) is 0 Å². The Labute approximate surface area is 120 Å². The highest BCUT2D eigenvalue weighted by molar-refractivity contribution is 5.49. The number of hydrogen-bond acceptors (Lipinski definition) is 2. The van der Waals surface area contributed by atoms with Crippen LogP contribution in [0.25, 0.3) is 0 Å². The number of para-hydroxylation sites is 1. The highest BCUT2D eigenvalue weighted by Crippen LogP contribution is 2.37. The molecule has 1 N–H and O–H groups in total. The van der Waals surface area contributed by atoms with Crippen LogP contribution in [0.5, 0.6) is 5.75 Å². The van der Waals surface area contributed by atoms with E-state index in [0.29, 0.717) is 12.0 Å². The third-order valence-corrected chi connectivity index (χ3v) is 4.01. The molecule has 2 heteroatoms. The summed E-state index contributed by atoms with van der Waals surface area (Å²) < 4.78 is 5.80. The molecule has 2 unspecified atom stereocenters. The van der Waals surface area contributed by atoms with Crippen molar-refractivity contribution in [1.82, 2.24) is 0 Å². The largest absolute Gasteiger partial charge is 0.493 e. The van der Waals surface area contributed by atoms with E-state index in [1.165, 1.54) is 16.8 Å². The van der Waals surface area contributed by atoms with Gasteiger partial charge in [0.25, 0.3) is 0 Å². The Hall–Kier alpha value is -1.96. The Kier molecular flexibility index (Phi) is 3.64. The van der Waals surface area contributed by atoms with Crippen molar-refractivity contribution in [3.63, 3.8) is 0 Å². The number of benzene rings is 2. The van der Waals surface area contributed by atoms with Crippen molar-refractivity contribution in [3.8, 4) is 5.75 Å². The minimum absolute atomic E-state index is 0.312. The van der Waals surface area contributed by atoms with Gasteiger partial charge < -0.3 is 10.1 Å². The highest BCUT2D eigenvalue weighted by atomic mass is 16.5. The third kappa shape index (κ3) is 2.51. The Morgan fingerprint density at radius 1 is 1.10 bits per heavy atom. The molecule has 0 spiro atoms. The van der Waals surface area contributed by atoms with Crippen LogP contribution in [0.3, 0.4) is 0 Å². The normalized spacial score (nSPS) is 20.9. The smallest absolute Gasteiger partial charge is 0.124 e. The number of aryl methyl sites for hydroxylation is 1. The summed E-state index contributed by atoms with van der Waals surface area (Å²) >= 11 is 0. The molecular weight excluding hydrogens is 246 g/mol. The first-order valence-electron chi connectivity index (χ1n) is 7.35. The average molecular weight is 267 g/mol. The third-order valence-electron chi connectivity index (χ3n) is 4.01. The van der Waals surface area contributed by atoms with E-state index in [1.54, 1.807) is 0 Å². The van der Waals surface area contributed by atoms with Crippen LogP contribution in [0, 0.1) is 5.92 Å². The van der Waals surface area contributed by atoms with Gasteiger partial charge in [0.15, 0.2) is 0 Å². The van der Waals surface area contributed by atoms with Crippen molar-refractivity contribution in [1.29, 1.82) is 0 Å². The molecule has 1 heterocycles. The van der Waals surface area contributed by atoms with Gasteiger partial charge in [0.05, 0.1) is 12.6 Å². The lowest BCUT2D eigenvalue weighted by molar-refractivity contribution is 0.214. The molecule has 3 rings (SSSR count). The van der Waals surface area contributed by atoms with Crippen LogP contribution in [0.15, 0.2) is 48.5 Å².